The quantitative estimate of drug-likeness (QED) is 0.0265. The molecule has 0 radical (unpaired) electrons. The maximum absolute atomic E-state index is 12.5. The molecule has 24 nitrogen and oxygen atoms in total. The van der Waals surface area contributed by atoms with E-state index >= 15 is 0 Å². The van der Waals surface area contributed by atoms with Gasteiger partial charge in [-0.05, 0) is 320 Å². The summed E-state index contributed by atoms with van der Waals surface area (Å²) >= 11 is 20.0. The predicted octanol–water partition coefficient (Wildman–Crippen LogP) is 18.3. The molecule has 0 bridgehead atoms. The molecule has 8 aromatic rings. The largest absolute Gasteiger partial charge is 0.496 e. The Morgan fingerprint density at radius 2 is 0.938 bits per heavy atom. The van der Waals surface area contributed by atoms with Gasteiger partial charge in [0.05, 0.1) is 55.3 Å². The highest BCUT2D eigenvalue weighted by Crippen LogP contribution is 2.37. The number of nitrogens with one attached hydrogen (secondary N) is 1. The van der Waals surface area contributed by atoms with Crippen molar-refractivity contribution in [3.8, 4) is 11.3 Å². The van der Waals surface area contributed by atoms with Gasteiger partial charge in [-0.1, -0.05) is 13.8 Å². The Morgan fingerprint density at radius 1 is 0.536 bits per heavy atom. The van der Waals surface area contributed by atoms with Gasteiger partial charge in [-0.15, -0.1) is 0 Å². The van der Waals surface area contributed by atoms with E-state index in [1.54, 1.807) is 109 Å². The van der Waals surface area contributed by atoms with Crippen LogP contribution in [0.5, 0.6) is 0 Å². The Kier molecular flexibility index (Phi) is 42.5. The van der Waals surface area contributed by atoms with Crippen molar-refractivity contribution < 1.29 is 57.3 Å². The molecule has 112 heavy (non-hydrogen) atoms. The molecular weight excluding hydrogens is 1820 g/mol. The summed E-state index contributed by atoms with van der Waals surface area (Å²) in [4.78, 5) is 95.6. The fourth-order valence-electron chi connectivity index (χ4n) is 9.60. The Bertz CT molecular complexity index is 4350. The van der Waals surface area contributed by atoms with Crippen LogP contribution in [0.25, 0.3) is 11.3 Å². The van der Waals surface area contributed by atoms with E-state index in [-0.39, 0.29) is 18.2 Å². The van der Waals surface area contributed by atoms with Crippen LogP contribution in [-0.4, -0.2) is 167 Å². The fraction of sp³-hybridized carbons (Fsp3) is 0.438. The number of pyridine rings is 8. The van der Waals surface area contributed by atoms with Crippen LogP contribution >= 0.6 is 95.6 Å². The molecule has 1 aliphatic heterocycles. The number of hydrogen-bond donors (Lipinski definition) is 2. The fourth-order valence-corrected chi connectivity index (χ4v) is 12.0. The average molecular weight is 1930 g/mol. The highest BCUT2D eigenvalue weighted by Gasteiger charge is 2.52. The first-order valence-electron chi connectivity index (χ1n) is 36.0. The van der Waals surface area contributed by atoms with Crippen molar-refractivity contribution in [3.63, 3.8) is 0 Å². The molecule has 32 heteroatoms. The molecule has 0 spiro atoms. The molecule has 0 unspecified atom stereocenters. The SMILES string of the molecule is CCN(Cc1cncc(-c2cc(C(=O)OC)ccn2)c1C)B(C)O.CCN(Cc1cncc(B2OC(C)(C)C(C)(C)O2)c1C)C(=O)OC(C)(C)C.CCN(Cc1cncc(Br)c1C)C(=O)OC(C)(C)C.CCNCc1cncc(Br)c1C.COC(=O)c1ccnc(Br)c1.Cc1c(Br)cncc1Br.Cc1c(Br)cncc1C=O. The molecule has 0 atom stereocenters. The first-order valence-corrected chi connectivity index (χ1v) is 40.8. The lowest BCUT2D eigenvalue weighted by Gasteiger charge is -2.32. The van der Waals surface area contributed by atoms with Crippen LogP contribution < -0.4 is 10.8 Å². The molecule has 1 saturated heterocycles. The molecule has 9 rings (SSSR count). The van der Waals surface area contributed by atoms with Gasteiger partial charge < -0.3 is 53.2 Å². The summed E-state index contributed by atoms with van der Waals surface area (Å²) in [5.74, 6) is -0.750. The number of methoxy groups -OCH3 is 2. The highest BCUT2D eigenvalue weighted by molar-refractivity contribution is 9.11. The first kappa shape index (κ1) is 99.4. The number of carbonyl (C=O) groups is 5. The van der Waals surface area contributed by atoms with Crippen molar-refractivity contribution in [1.82, 2.24) is 59.8 Å². The van der Waals surface area contributed by atoms with Crippen LogP contribution in [0.1, 0.15) is 184 Å². The van der Waals surface area contributed by atoms with Crippen molar-refractivity contribution in [3.05, 3.63) is 210 Å². The zero-order valence-corrected chi connectivity index (χ0v) is 77.9. The third-order valence-corrected chi connectivity index (χ3v) is 21.8. The molecule has 1 fully saturated rings. The van der Waals surface area contributed by atoms with E-state index in [1.807, 2.05) is 142 Å². The van der Waals surface area contributed by atoms with E-state index in [4.69, 9.17) is 23.5 Å². The maximum atomic E-state index is 12.5. The Labute approximate surface area is 712 Å². The van der Waals surface area contributed by atoms with Crippen molar-refractivity contribution in [2.45, 2.75) is 194 Å². The summed E-state index contributed by atoms with van der Waals surface area (Å²) < 4.78 is 38.1. The number of rotatable bonds is 18. The molecule has 0 aliphatic carbocycles. The number of aromatic nitrogens is 8. The Balaban J connectivity index is 0.000000351. The molecule has 8 aromatic heterocycles. The van der Waals surface area contributed by atoms with E-state index in [1.165, 1.54) is 37.1 Å². The minimum atomic E-state index is -0.529. The smallest absolute Gasteiger partial charge is 0.465 e. The summed E-state index contributed by atoms with van der Waals surface area (Å²) in [5, 5.41) is 13.1. The van der Waals surface area contributed by atoms with Crippen LogP contribution in [0.2, 0.25) is 6.82 Å². The second-order valence-corrected chi connectivity index (χ2v) is 33.4. The molecule has 2 N–H and O–H groups in total. The van der Waals surface area contributed by atoms with Crippen LogP contribution in [0.15, 0.2) is 138 Å². The van der Waals surface area contributed by atoms with Gasteiger partial charge in [0.15, 0.2) is 6.29 Å². The van der Waals surface area contributed by atoms with Crippen LogP contribution in [0.3, 0.4) is 0 Å². The molecule has 0 saturated carbocycles. The summed E-state index contributed by atoms with van der Waals surface area (Å²) in [5.41, 5.74) is 13.0. The summed E-state index contributed by atoms with van der Waals surface area (Å²) in [6.45, 7) is 46.3. The lowest BCUT2D eigenvalue weighted by atomic mass is 9.76. The van der Waals surface area contributed by atoms with E-state index in [9.17, 15) is 29.0 Å². The lowest BCUT2D eigenvalue weighted by molar-refractivity contribution is 0.00578. The number of carbonyl (C=O) groups excluding carboxylic acids is 5. The van der Waals surface area contributed by atoms with Gasteiger partial charge in [-0.25, -0.2) is 24.2 Å². The van der Waals surface area contributed by atoms with Crippen molar-refractivity contribution in [2.24, 2.45) is 0 Å². The highest BCUT2D eigenvalue weighted by atomic mass is 79.9. The van der Waals surface area contributed by atoms with Crippen LogP contribution in [-0.2, 0) is 54.4 Å². The zero-order valence-electron chi connectivity index (χ0n) is 68.4. The maximum Gasteiger partial charge on any atom is 0.496 e. The molecule has 606 valence electrons. The third-order valence-electron chi connectivity index (χ3n) is 17.4. The predicted molar refractivity (Wildman–Crippen MR) is 463 cm³/mol. The molecule has 9 heterocycles. The Morgan fingerprint density at radius 3 is 1.36 bits per heavy atom. The normalized spacial score (nSPS) is 12.3. The lowest BCUT2D eigenvalue weighted by Crippen LogP contribution is -2.41. The Hall–Kier alpha value is -6.84. The molecule has 0 aromatic carbocycles. The number of halogens is 6. The average Bonchev–Trinajstić information content (AvgIpc) is 1.61. The van der Waals surface area contributed by atoms with E-state index in [0.717, 1.165) is 98.3 Å². The van der Waals surface area contributed by atoms with Gasteiger partial charge in [0.25, 0.3) is 0 Å². The number of amides is 2. The van der Waals surface area contributed by atoms with Gasteiger partial charge in [-0.2, -0.15) is 0 Å². The number of ether oxygens (including phenoxy) is 4. The van der Waals surface area contributed by atoms with Gasteiger partial charge in [0.2, 0.25) is 0 Å². The number of nitrogens with zero attached hydrogens (tertiary/aromatic N) is 11. The van der Waals surface area contributed by atoms with Gasteiger partial charge in [0.1, 0.15) is 15.8 Å². The second-order valence-electron chi connectivity index (χ2n) is 28.3. The molecular formula is C80H106B2Br6N12O12. The van der Waals surface area contributed by atoms with E-state index in [2.05, 4.69) is 159 Å². The minimum Gasteiger partial charge on any atom is -0.465 e. The summed E-state index contributed by atoms with van der Waals surface area (Å²) in [6, 6.07) is 6.52. The summed E-state index contributed by atoms with van der Waals surface area (Å²) in [6.07, 6.45) is 24.4. The van der Waals surface area contributed by atoms with Crippen LogP contribution in [0, 0.1) is 41.5 Å². The van der Waals surface area contributed by atoms with E-state index in [0.29, 0.717) is 59.7 Å². The van der Waals surface area contributed by atoms with Crippen molar-refractivity contribution in [1.29, 1.82) is 0 Å². The topological polar surface area (TPSA) is 286 Å². The molecule has 2 amide bonds. The zero-order chi connectivity index (χ0) is 84.6. The van der Waals surface area contributed by atoms with Crippen molar-refractivity contribution >= 4 is 146 Å². The van der Waals surface area contributed by atoms with Gasteiger partial charge in [-0.3, -0.25) is 39.7 Å². The number of aldehydes is 1. The number of esters is 2. The van der Waals surface area contributed by atoms with Gasteiger partial charge >= 0.3 is 38.3 Å². The second kappa shape index (κ2) is 47.9. The minimum absolute atomic E-state index is 0.297. The first-order chi connectivity index (χ1) is 52.4. The van der Waals surface area contributed by atoms with E-state index < -0.39 is 42.5 Å². The van der Waals surface area contributed by atoms with Crippen LogP contribution in [0.4, 0.5) is 9.59 Å². The van der Waals surface area contributed by atoms with Crippen molar-refractivity contribution in [2.75, 3.05) is 40.4 Å². The number of hydrogen-bond acceptors (Lipinski definition) is 22. The molecule has 1 aliphatic rings. The standard InChI is InChI=1S/C20H33BN2O4.C17H22BN3O3.C14H21BrN2O2.C9H13BrN2.C7H6BrNO2.C7H6BrNO.C6H5Br2N/c1-10-23(17(24)25-18(3,4)5)13-15-11-22-12-16(14(15)2)21-26-19(6,7)20(8,9)27-21;1-5-21(18(3)23)11-14-9-19-10-15(12(14)2)16-8-13(6-7-20-16)17(22)24-4;1-6-17(13(18)19-14(3,4)5)9-11-7-16-8-12(15)10(11)2;1-3-11-4-8-5-12-6-9(10)7(8)2;1-11-7(10)5-2-3-9-6(8)4-5;1-5-6(4-10)2-9-3-7(5)8;1-4-5(7)2-9-3-6(4)8/h11-12H,10,13H2,1-9H3;6-10,23H,5,11H2,1-4H3;7-8H,6,9H2,1-5H3;5-6,11H,3-4H2,1-2H3;2-4H,1H3;2-4H,1H3;2-3H,1H3. The summed E-state index contributed by atoms with van der Waals surface area (Å²) in [7, 11) is 1.69. The van der Waals surface area contributed by atoms with Gasteiger partial charge in [0, 0.05) is 152 Å². The third kappa shape index (κ3) is 32.4. The monoisotopic (exact) mass is 1920 g/mol.